The molecule has 1 aliphatic rings. The van der Waals surface area contributed by atoms with Crippen LogP contribution in [0.3, 0.4) is 0 Å². The van der Waals surface area contributed by atoms with Crippen molar-refractivity contribution in [2.45, 2.75) is 83.7 Å². The largest absolute Gasteiger partial charge is 0.393 e. The summed E-state index contributed by atoms with van der Waals surface area (Å²) in [7, 11) is 0.959. The van der Waals surface area contributed by atoms with Gasteiger partial charge in [0.25, 0.3) is 0 Å². The summed E-state index contributed by atoms with van der Waals surface area (Å²) in [6, 6.07) is 6.43. The van der Waals surface area contributed by atoms with Gasteiger partial charge in [-0.2, -0.15) is 13.2 Å². The first kappa shape index (κ1) is 25.4. The predicted molar refractivity (Wildman–Crippen MR) is 128 cm³/mol. The van der Waals surface area contributed by atoms with Crippen molar-refractivity contribution in [3.05, 3.63) is 65.9 Å². The number of rotatable bonds is 12. The molecule has 31 heavy (non-hydrogen) atoms. The van der Waals surface area contributed by atoms with Gasteiger partial charge in [0.15, 0.2) is 7.28 Å². The number of hydrogen-bond acceptors (Lipinski definition) is 1. The molecule has 1 nitrogen and oxygen atoms in total. The molecule has 0 amide bonds. The number of hydrogen-bond donors (Lipinski definition) is 1. The molecule has 1 aromatic carbocycles. The van der Waals surface area contributed by atoms with Gasteiger partial charge >= 0.3 is 6.18 Å². The van der Waals surface area contributed by atoms with Crippen LogP contribution in [0.15, 0.2) is 49.2 Å². The fraction of sp³-hybridized carbons (Fsp3) is 0.538. The Labute approximate surface area is 187 Å². The molecule has 1 aromatic rings. The van der Waals surface area contributed by atoms with Gasteiger partial charge in [-0.3, -0.25) is 0 Å². The molecule has 0 spiro atoms. The lowest BCUT2D eigenvalue weighted by molar-refractivity contribution is -0.135. The smallest absolute Gasteiger partial charge is 0.389 e. The van der Waals surface area contributed by atoms with E-state index in [0.29, 0.717) is 18.0 Å². The zero-order valence-electron chi connectivity index (χ0n) is 19.2. The Morgan fingerprint density at radius 1 is 1.16 bits per heavy atom. The molecule has 0 saturated heterocycles. The maximum absolute atomic E-state index is 12.3. The minimum Gasteiger partial charge on any atom is -0.393 e. The second-order valence-corrected chi connectivity index (χ2v) is 9.02. The van der Waals surface area contributed by atoms with Gasteiger partial charge in [0.05, 0.1) is 0 Å². The summed E-state index contributed by atoms with van der Waals surface area (Å²) in [5.41, 5.74) is 7.20. The van der Waals surface area contributed by atoms with Crippen molar-refractivity contribution in [1.29, 1.82) is 0 Å². The lowest BCUT2D eigenvalue weighted by atomic mass is 9.57. The summed E-state index contributed by atoms with van der Waals surface area (Å²) < 4.78 is 37.0. The second-order valence-electron chi connectivity index (χ2n) is 9.02. The van der Waals surface area contributed by atoms with Crippen molar-refractivity contribution in [3.63, 3.8) is 0 Å². The summed E-state index contributed by atoms with van der Waals surface area (Å²) >= 11 is 0. The average molecular weight is 431 g/mol. The van der Waals surface area contributed by atoms with Crippen molar-refractivity contribution in [1.82, 2.24) is 5.32 Å². The Hall–Kier alpha value is -1.91. The van der Waals surface area contributed by atoms with Crippen LogP contribution in [0.25, 0.3) is 5.57 Å². The number of halogens is 3. The first-order valence-corrected chi connectivity index (χ1v) is 11.6. The molecule has 1 heterocycles. The van der Waals surface area contributed by atoms with E-state index in [1.807, 2.05) is 0 Å². The lowest BCUT2D eigenvalue weighted by Crippen LogP contribution is -2.40. The van der Waals surface area contributed by atoms with Crippen LogP contribution < -0.4 is 5.32 Å². The van der Waals surface area contributed by atoms with Crippen LogP contribution in [0, 0.1) is 5.92 Å². The number of alkyl halides is 3. The quantitative estimate of drug-likeness (QED) is 0.274. The molecule has 0 aromatic heterocycles. The van der Waals surface area contributed by atoms with Gasteiger partial charge in [-0.15, -0.1) is 0 Å². The van der Waals surface area contributed by atoms with E-state index in [-0.39, 0.29) is 12.4 Å². The standard InChI is InChI=1S/C26H37BF3N/c1-6-18(2)19(3)10-7-11-20(4)23-14-8-13-22-16-25(27-17-24(22)23)31-21(5)12-9-15-26(28,29)30/h8,13-14,18,25,27,31H,3-7,9-12,15-17H2,1-2H3. The molecule has 1 aliphatic heterocycles. The molecule has 5 heteroatoms. The van der Waals surface area contributed by atoms with E-state index in [9.17, 15) is 13.2 Å². The molecule has 2 unspecified atom stereocenters. The SMILES string of the molecule is C=C(CCCC(F)(F)F)NC1BCc2c(cccc2C(=C)CCCC(=C)C(C)CC)C1. The number of allylic oxidation sites excluding steroid dienone is 3. The monoisotopic (exact) mass is 431 g/mol. The van der Waals surface area contributed by atoms with E-state index in [0.717, 1.165) is 45.7 Å². The van der Waals surface area contributed by atoms with Gasteiger partial charge in [0.1, 0.15) is 0 Å². The Morgan fingerprint density at radius 2 is 1.90 bits per heavy atom. The molecule has 0 fully saturated rings. The summed E-state index contributed by atoms with van der Waals surface area (Å²) in [5.74, 6) is 0.804. The maximum Gasteiger partial charge on any atom is 0.389 e. The minimum absolute atomic E-state index is 0.0894. The third-order valence-corrected chi connectivity index (χ3v) is 6.50. The highest BCUT2D eigenvalue weighted by Crippen LogP contribution is 2.30. The Balaban J connectivity index is 1.88. The van der Waals surface area contributed by atoms with Crippen molar-refractivity contribution < 1.29 is 13.2 Å². The van der Waals surface area contributed by atoms with Gasteiger partial charge < -0.3 is 5.32 Å². The average Bonchev–Trinajstić information content (AvgIpc) is 2.71. The number of nitrogens with one attached hydrogen (secondary N) is 1. The molecule has 0 bridgehead atoms. The summed E-state index contributed by atoms with van der Waals surface area (Å²) in [6.07, 6.45) is 1.67. The fourth-order valence-corrected chi connectivity index (χ4v) is 4.32. The van der Waals surface area contributed by atoms with Crippen LogP contribution in [0.2, 0.25) is 0 Å². The summed E-state index contributed by atoms with van der Waals surface area (Å²) in [4.78, 5) is 0. The van der Waals surface area contributed by atoms with Gasteiger partial charge in [-0.05, 0) is 79.4 Å². The minimum atomic E-state index is -4.09. The van der Waals surface area contributed by atoms with Crippen LogP contribution in [-0.4, -0.2) is 19.4 Å². The normalized spacial score (nSPS) is 16.7. The highest BCUT2D eigenvalue weighted by Gasteiger charge is 2.27. The van der Waals surface area contributed by atoms with Crippen LogP contribution >= 0.6 is 0 Å². The highest BCUT2D eigenvalue weighted by atomic mass is 19.4. The molecule has 2 rings (SSSR count). The Morgan fingerprint density at radius 3 is 2.58 bits per heavy atom. The van der Waals surface area contributed by atoms with E-state index in [1.165, 1.54) is 27.8 Å². The molecule has 170 valence electrons. The zero-order valence-corrected chi connectivity index (χ0v) is 19.2. The molecule has 0 aliphatic carbocycles. The Bertz CT molecular complexity index is 781. The van der Waals surface area contributed by atoms with Crippen molar-refractivity contribution >= 4 is 12.9 Å². The van der Waals surface area contributed by atoms with E-state index in [4.69, 9.17) is 0 Å². The third-order valence-electron chi connectivity index (χ3n) is 6.50. The molecule has 0 radical (unpaired) electrons. The van der Waals surface area contributed by atoms with Gasteiger partial charge in [0, 0.05) is 18.1 Å². The van der Waals surface area contributed by atoms with Crippen LogP contribution in [0.5, 0.6) is 0 Å². The first-order chi connectivity index (χ1) is 14.6. The molecule has 1 N–H and O–H groups in total. The third kappa shape index (κ3) is 8.27. The van der Waals surface area contributed by atoms with Gasteiger partial charge in [-0.1, -0.05) is 57.4 Å². The second kappa shape index (κ2) is 11.6. The predicted octanol–water partition coefficient (Wildman–Crippen LogP) is 7.13. The van der Waals surface area contributed by atoms with E-state index in [1.54, 1.807) is 0 Å². The van der Waals surface area contributed by atoms with Crippen molar-refractivity contribution in [2.75, 3.05) is 0 Å². The van der Waals surface area contributed by atoms with Gasteiger partial charge in [0.2, 0.25) is 0 Å². The number of fused-ring (bicyclic) bond motifs is 1. The van der Waals surface area contributed by atoms with Crippen LogP contribution in [0.4, 0.5) is 13.2 Å². The molecule has 2 atom stereocenters. The summed E-state index contributed by atoms with van der Waals surface area (Å²) in [6.45, 7) is 17.0. The molecular formula is C26H37BF3N. The van der Waals surface area contributed by atoms with E-state index < -0.39 is 12.6 Å². The van der Waals surface area contributed by atoms with Crippen LogP contribution in [0.1, 0.15) is 75.5 Å². The fourth-order valence-electron chi connectivity index (χ4n) is 4.32. The van der Waals surface area contributed by atoms with Crippen molar-refractivity contribution in [3.8, 4) is 0 Å². The van der Waals surface area contributed by atoms with Crippen molar-refractivity contribution in [2.24, 2.45) is 5.92 Å². The zero-order chi connectivity index (χ0) is 23.0. The topological polar surface area (TPSA) is 12.0 Å². The first-order valence-electron chi connectivity index (χ1n) is 11.6. The highest BCUT2D eigenvalue weighted by molar-refractivity contribution is 6.38. The van der Waals surface area contributed by atoms with Gasteiger partial charge in [-0.25, -0.2) is 0 Å². The maximum atomic E-state index is 12.3. The van der Waals surface area contributed by atoms with Crippen LogP contribution in [-0.2, 0) is 12.7 Å². The van der Waals surface area contributed by atoms with E-state index >= 15 is 0 Å². The summed E-state index contributed by atoms with van der Waals surface area (Å²) in [5, 5.41) is 3.36. The molecular weight excluding hydrogens is 394 g/mol. The number of benzene rings is 1. The van der Waals surface area contributed by atoms with E-state index in [2.05, 4.69) is 57.1 Å². The Kier molecular flexibility index (Phi) is 9.52. The molecule has 0 saturated carbocycles. The lowest BCUT2D eigenvalue weighted by Gasteiger charge is -2.28.